The van der Waals surface area contributed by atoms with Crippen molar-refractivity contribution in [3.05, 3.63) is 108 Å². The quantitative estimate of drug-likeness (QED) is 0.366. The third-order valence-corrected chi connectivity index (χ3v) is 6.05. The lowest BCUT2D eigenvalue weighted by Gasteiger charge is -2.22. The van der Waals surface area contributed by atoms with E-state index in [-0.39, 0.29) is 11.9 Å². The van der Waals surface area contributed by atoms with Gasteiger partial charge < -0.3 is 4.90 Å². The summed E-state index contributed by atoms with van der Waals surface area (Å²) < 4.78 is 0. The van der Waals surface area contributed by atoms with Crippen LogP contribution in [0.25, 0.3) is 11.3 Å². The van der Waals surface area contributed by atoms with Crippen LogP contribution in [0.3, 0.4) is 0 Å². The number of rotatable bonds is 7. The first-order valence-corrected chi connectivity index (χ1v) is 11.2. The maximum atomic E-state index is 12.7. The van der Waals surface area contributed by atoms with Crippen LogP contribution in [0, 0.1) is 0 Å². The van der Waals surface area contributed by atoms with Crippen LogP contribution in [-0.4, -0.2) is 29.5 Å². The molecule has 0 aliphatic heterocycles. The molecule has 0 saturated heterocycles. The van der Waals surface area contributed by atoms with Crippen molar-refractivity contribution >= 4 is 22.5 Å². The summed E-state index contributed by atoms with van der Waals surface area (Å²) in [6.07, 6.45) is 0.838. The fraction of sp³-hybridized carbons (Fsp3) is 0.154. The molecule has 2 amide bonds. The van der Waals surface area contributed by atoms with Crippen molar-refractivity contribution in [1.82, 2.24) is 9.88 Å². The fourth-order valence-corrected chi connectivity index (χ4v) is 4.29. The SMILES string of the molecule is CN(CCC(c1ccccc1)c1ccccc1)C(=O)Nc1nc(-c2ccccc2)cs1. The highest BCUT2D eigenvalue weighted by Crippen LogP contribution is 2.28. The van der Waals surface area contributed by atoms with Gasteiger partial charge in [-0.15, -0.1) is 11.3 Å². The molecule has 4 rings (SSSR count). The van der Waals surface area contributed by atoms with Gasteiger partial charge in [0.25, 0.3) is 0 Å². The number of amides is 2. The van der Waals surface area contributed by atoms with Gasteiger partial charge >= 0.3 is 6.03 Å². The Balaban J connectivity index is 1.39. The normalized spacial score (nSPS) is 10.8. The Morgan fingerprint density at radius 1 is 0.903 bits per heavy atom. The number of nitrogens with zero attached hydrogens (tertiary/aromatic N) is 2. The van der Waals surface area contributed by atoms with Gasteiger partial charge in [0.2, 0.25) is 0 Å². The smallest absolute Gasteiger partial charge is 0.323 e. The first-order chi connectivity index (χ1) is 15.2. The molecule has 0 bridgehead atoms. The van der Waals surface area contributed by atoms with E-state index >= 15 is 0 Å². The summed E-state index contributed by atoms with van der Waals surface area (Å²) in [6, 6.07) is 30.7. The average molecular weight is 428 g/mol. The number of hydrogen-bond donors (Lipinski definition) is 1. The molecule has 31 heavy (non-hydrogen) atoms. The number of carbonyl (C=O) groups excluding carboxylic acids is 1. The maximum Gasteiger partial charge on any atom is 0.323 e. The van der Waals surface area contributed by atoms with Gasteiger partial charge in [-0.25, -0.2) is 9.78 Å². The molecule has 0 atom stereocenters. The van der Waals surface area contributed by atoms with Crippen LogP contribution in [-0.2, 0) is 0 Å². The van der Waals surface area contributed by atoms with Crippen LogP contribution in [0.5, 0.6) is 0 Å². The molecule has 0 aliphatic rings. The Kier molecular flexibility index (Phi) is 6.75. The zero-order valence-electron chi connectivity index (χ0n) is 17.4. The summed E-state index contributed by atoms with van der Waals surface area (Å²) in [6.45, 7) is 0.636. The number of carbonyl (C=O) groups is 1. The first-order valence-electron chi connectivity index (χ1n) is 10.3. The van der Waals surface area contributed by atoms with Crippen molar-refractivity contribution in [2.24, 2.45) is 0 Å². The summed E-state index contributed by atoms with van der Waals surface area (Å²) in [4.78, 5) is 19.0. The van der Waals surface area contributed by atoms with Crippen molar-refractivity contribution in [2.45, 2.75) is 12.3 Å². The summed E-state index contributed by atoms with van der Waals surface area (Å²) >= 11 is 1.44. The third-order valence-electron chi connectivity index (χ3n) is 5.29. The van der Waals surface area contributed by atoms with Crippen LogP contribution in [0.2, 0.25) is 0 Å². The number of nitrogens with one attached hydrogen (secondary N) is 1. The molecule has 0 spiro atoms. The molecular weight excluding hydrogens is 402 g/mol. The van der Waals surface area contributed by atoms with Gasteiger partial charge in [0.05, 0.1) is 5.69 Å². The lowest BCUT2D eigenvalue weighted by Crippen LogP contribution is -2.32. The Morgan fingerprint density at radius 3 is 2.03 bits per heavy atom. The van der Waals surface area contributed by atoms with Gasteiger partial charge in [0.15, 0.2) is 5.13 Å². The van der Waals surface area contributed by atoms with E-state index in [4.69, 9.17) is 0 Å². The van der Waals surface area contributed by atoms with Gasteiger partial charge in [-0.1, -0.05) is 91.0 Å². The first kappa shape index (κ1) is 20.8. The maximum absolute atomic E-state index is 12.7. The summed E-state index contributed by atoms with van der Waals surface area (Å²) in [5, 5.41) is 5.50. The second kappa shape index (κ2) is 10.0. The Labute approximate surface area is 187 Å². The van der Waals surface area contributed by atoms with Gasteiger partial charge in [0.1, 0.15) is 0 Å². The molecule has 5 heteroatoms. The van der Waals surface area contributed by atoms with Crippen molar-refractivity contribution < 1.29 is 4.79 Å². The number of thiazole rings is 1. The molecule has 4 aromatic rings. The van der Waals surface area contributed by atoms with Crippen LogP contribution in [0.15, 0.2) is 96.4 Å². The summed E-state index contributed by atoms with van der Waals surface area (Å²) in [5.74, 6) is 0.238. The minimum absolute atomic E-state index is 0.145. The van der Waals surface area contributed by atoms with E-state index in [0.717, 1.165) is 17.7 Å². The molecule has 0 aliphatic carbocycles. The van der Waals surface area contributed by atoms with Crippen LogP contribution in [0.4, 0.5) is 9.93 Å². The second-order valence-electron chi connectivity index (χ2n) is 7.42. The van der Waals surface area contributed by atoms with Gasteiger partial charge in [-0.2, -0.15) is 0 Å². The largest absolute Gasteiger partial charge is 0.328 e. The van der Waals surface area contributed by atoms with Crippen molar-refractivity contribution in [3.63, 3.8) is 0 Å². The van der Waals surface area contributed by atoms with E-state index < -0.39 is 0 Å². The molecule has 3 aromatic carbocycles. The highest BCUT2D eigenvalue weighted by molar-refractivity contribution is 7.14. The molecule has 0 saturated carbocycles. The molecule has 4 nitrogen and oxygen atoms in total. The van der Waals surface area contributed by atoms with E-state index in [1.165, 1.54) is 22.5 Å². The predicted molar refractivity (Wildman–Crippen MR) is 129 cm³/mol. The monoisotopic (exact) mass is 427 g/mol. The van der Waals surface area contributed by atoms with Gasteiger partial charge in [0, 0.05) is 30.5 Å². The summed E-state index contributed by atoms with van der Waals surface area (Å²) in [5.41, 5.74) is 4.43. The van der Waals surface area contributed by atoms with E-state index in [9.17, 15) is 4.79 Å². The average Bonchev–Trinajstić information content (AvgIpc) is 3.29. The Hall–Kier alpha value is -3.44. The third kappa shape index (κ3) is 5.38. The number of hydrogen-bond acceptors (Lipinski definition) is 3. The number of aromatic nitrogens is 1. The van der Waals surface area contributed by atoms with E-state index in [0.29, 0.717) is 11.7 Å². The Bertz CT molecular complexity index is 1060. The molecule has 0 unspecified atom stereocenters. The minimum Gasteiger partial charge on any atom is -0.328 e. The molecular formula is C26H25N3OS. The fourth-order valence-electron chi connectivity index (χ4n) is 3.58. The van der Waals surface area contributed by atoms with Crippen LogP contribution >= 0.6 is 11.3 Å². The number of benzene rings is 3. The highest BCUT2D eigenvalue weighted by Gasteiger charge is 2.17. The van der Waals surface area contributed by atoms with Gasteiger partial charge in [-0.3, -0.25) is 5.32 Å². The molecule has 1 heterocycles. The lowest BCUT2D eigenvalue weighted by molar-refractivity contribution is 0.221. The number of anilines is 1. The lowest BCUT2D eigenvalue weighted by atomic mass is 9.88. The standard InChI is InChI=1S/C26H25N3OS/c1-29(26(30)28-25-27-24(19-31-25)22-15-9-4-10-16-22)18-17-23(20-11-5-2-6-12-20)21-13-7-3-8-14-21/h2-16,19,23H,17-18H2,1H3,(H,27,28,30). The zero-order chi connectivity index (χ0) is 21.5. The molecule has 0 fully saturated rings. The molecule has 0 radical (unpaired) electrons. The molecule has 156 valence electrons. The van der Waals surface area contributed by atoms with Crippen molar-refractivity contribution in [1.29, 1.82) is 0 Å². The molecule has 1 aromatic heterocycles. The van der Waals surface area contributed by atoms with Crippen molar-refractivity contribution in [3.8, 4) is 11.3 Å². The van der Waals surface area contributed by atoms with Crippen LogP contribution < -0.4 is 5.32 Å². The van der Waals surface area contributed by atoms with Gasteiger partial charge in [-0.05, 0) is 17.5 Å². The summed E-state index contributed by atoms with van der Waals surface area (Å²) in [7, 11) is 1.83. The van der Waals surface area contributed by atoms with E-state index in [1.54, 1.807) is 4.90 Å². The van der Waals surface area contributed by atoms with E-state index in [2.05, 4.69) is 58.8 Å². The topological polar surface area (TPSA) is 45.2 Å². The van der Waals surface area contributed by atoms with Crippen LogP contribution in [0.1, 0.15) is 23.5 Å². The second-order valence-corrected chi connectivity index (χ2v) is 8.28. The highest BCUT2D eigenvalue weighted by atomic mass is 32.1. The zero-order valence-corrected chi connectivity index (χ0v) is 18.3. The predicted octanol–water partition coefficient (Wildman–Crippen LogP) is 6.50. The minimum atomic E-state index is -0.145. The van der Waals surface area contributed by atoms with E-state index in [1.807, 2.05) is 54.9 Å². The molecule has 1 N–H and O–H groups in total. The van der Waals surface area contributed by atoms with Crippen molar-refractivity contribution in [2.75, 3.05) is 18.9 Å². The Morgan fingerprint density at radius 2 is 1.45 bits per heavy atom. The number of urea groups is 1.